The van der Waals surface area contributed by atoms with Crippen LogP contribution in [0, 0.1) is 13.8 Å². The molecule has 0 unspecified atom stereocenters. The average molecular weight is 881 g/mol. The van der Waals surface area contributed by atoms with E-state index in [9.17, 15) is 35.9 Å². The molecule has 2 aromatic carbocycles. The number of carbonyl (C=O) groups excluding carboxylic acids is 2. The number of carbonyl (C=O) groups is 2. The van der Waals surface area contributed by atoms with Crippen molar-refractivity contribution in [2.75, 3.05) is 33.2 Å². The molecule has 0 aliphatic carbocycles. The molecular formula is C40H44BrF6N7O4. The Morgan fingerprint density at radius 1 is 0.690 bits per heavy atom. The highest BCUT2D eigenvalue weighted by Crippen LogP contribution is 2.32. The number of amides is 2. The molecule has 3 aliphatic heterocycles. The summed E-state index contributed by atoms with van der Waals surface area (Å²) >= 11 is 3.31. The molecule has 0 N–H and O–H groups in total. The molecule has 0 atom stereocenters. The van der Waals surface area contributed by atoms with Crippen LogP contribution in [0.5, 0.6) is 0 Å². The lowest BCUT2D eigenvalue weighted by Gasteiger charge is -2.21. The summed E-state index contributed by atoms with van der Waals surface area (Å²) in [5.41, 5.74) is 4.07. The molecule has 0 fully saturated rings. The third-order valence-electron chi connectivity index (χ3n) is 9.91. The zero-order chi connectivity index (χ0) is 41.8. The topological polar surface area (TPSA) is 98.0 Å². The molecular weight excluding hydrogens is 836 g/mol. The van der Waals surface area contributed by atoms with Crippen molar-refractivity contribution >= 4 is 33.7 Å². The van der Waals surface area contributed by atoms with Gasteiger partial charge in [-0.1, -0.05) is 29.3 Å². The summed E-state index contributed by atoms with van der Waals surface area (Å²) in [6.07, 6.45) is -5.37. The molecule has 0 radical (unpaired) electrons. The zero-order valence-electron chi connectivity index (χ0n) is 32.3. The summed E-state index contributed by atoms with van der Waals surface area (Å²) in [6.45, 7) is 7.76. The Kier molecular flexibility index (Phi) is 13.2. The van der Waals surface area contributed by atoms with E-state index in [1.807, 2.05) is 21.5 Å². The van der Waals surface area contributed by atoms with Crippen LogP contribution in [0.25, 0.3) is 5.57 Å². The molecule has 5 heterocycles. The molecule has 0 saturated carbocycles. The molecule has 312 valence electrons. The van der Waals surface area contributed by atoms with Gasteiger partial charge in [0, 0.05) is 39.3 Å². The van der Waals surface area contributed by atoms with E-state index in [0.29, 0.717) is 66.1 Å². The second kappa shape index (κ2) is 18.0. The lowest BCUT2D eigenvalue weighted by atomic mass is 10.1. The minimum Gasteiger partial charge on any atom is -0.445 e. The minimum atomic E-state index is -4.44. The summed E-state index contributed by atoms with van der Waals surface area (Å²) in [4.78, 5) is 30.4. The van der Waals surface area contributed by atoms with E-state index in [-0.39, 0.29) is 13.2 Å². The fraction of sp³-hybridized carbons (Fsp3) is 0.450. The maximum Gasteiger partial charge on any atom is 0.416 e. The number of aromatic nitrogens is 4. The second-order valence-corrected chi connectivity index (χ2v) is 15.5. The Hall–Kier alpha value is -4.84. The fourth-order valence-corrected chi connectivity index (χ4v) is 7.51. The van der Waals surface area contributed by atoms with Crippen LogP contribution in [-0.2, 0) is 61.2 Å². The summed E-state index contributed by atoms with van der Waals surface area (Å²) in [5, 5.41) is 9.02. The minimum absolute atomic E-state index is 0.203. The summed E-state index contributed by atoms with van der Waals surface area (Å²) in [5.74, 6) is 0. The van der Waals surface area contributed by atoms with Gasteiger partial charge in [-0.3, -0.25) is 9.36 Å². The molecule has 0 spiro atoms. The van der Waals surface area contributed by atoms with Gasteiger partial charge in [0.2, 0.25) is 0 Å². The van der Waals surface area contributed by atoms with E-state index in [0.717, 1.165) is 73.7 Å². The first-order valence-corrected chi connectivity index (χ1v) is 19.6. The normalized spacial score (nSPS) is 16.3. The molecule has 0 bridgehead atoms. The van der Waals surface area contributed by atoms with Crippen molar-refractivity contribution in [1.82, 2.24) is 34.3 Å². The molecule has 7 rings (SSSR count). The van der Waals surface area contributed by atoms with Crippen LogP contribution in [-0.4, -0.2) is 79.7 Å². The van der Waals surface area contributed by atoms with Gasteiger partial charge >= 0.3 is 24.5 Å². The first-order valence-electron chi connectivity index (χ1n) is 18.8. The Labute approximate surface area is 340 Å². The Morgan fingerprint density at radius 3 is 1.67 bits per heavy atom. The van der Waals surface area contributed by atoms with Gasteiger partial charge in [0.1, 0.15) is 17.8 Å². The highest BCUT2D eigenvalue weighted by molar-refractivity contribution is 9.10. The number of likely N-dealkylation sites (N-methyl/N-ethyl adjacent to an activating group) is 1. The Morgan fingerprint density at radius 2 is 1.19 bits per heavy atom. The van der Waals surface area contributed by atoms with Crippen molar-refractivity contribution in [3.05, 3.63) is 110 Å². The number of aryl methyl sites for hydroxylation is 4. The summed E-state index contributed by atoms with van der Waals surface area (Å²) in [7, 11) is 2.08. The predicted octanol–water partition coefficient (Wildman–Crippen LogP) is 8.99. The molecule has 0 saturated heterocycles. The van der Waals surface area contributed by atoms with Crippen molar-refractivity contribution < 1.29 is 45.4 Å². The van der Waals surface area contributed by atoms with Crippen LogP contribution in [0.2, 0.25) is 0 Å². The number of rotatable bonds is 5. The van der Waals surface area contributed by atoms with E-state index in [1.165, 1.54) is 10.5 Å². The molecule has 11 nitrogen and oxygen atoms in total. The maximum absolute atomic E-state index is 13.0. The number of ether oxygens (including phenoxy) is 2. The Bertz CT molecular complexity index is 2150. The van der Waals surface area contributed by atoms with Gasteiger partial charge in [-0.05, 0) is 109 Å². The number of halogens is 7. The number of hydrogen-bond acceptors (Lipinski definition) is 7. The van der Waals surface area contributed by atoms with Gasteiger partial charge in [-0.15, -0.1) is 0 Å². The first-order chi connectivity index (χ1) is 27.4. The first kappa shape index (κ1) is 42.8. The van der Waals surface area contributed by atoms with E-state index in [2.05, 4.69) is 39.1 Å². The van der Waals surface area contributed by atoms with Crippen LogP contribution in [0.4, 0.5) is 35.9 Å². The lowest BCUT2D eigenvalue weighted by molar-refractivity contribution is -0.138. The van der Waals surface area contributed by atoms with E-state index < -0.39 is 35.7 Å². The van der Waals surface area contributed by atoms with E-state index in [4.69, 9.17) is 14.6 Å². The van der Waals surface area contributed by atoms with Gasteiger partial charge in [0.05, 0.1) is 41.3 Å². The molecule has 58 heavy (non-hydrogen) atoms. The highest BCUT2D eigenvalue weighted by atomic mass is 79.9. The van der Waals surface area contributed by atoms with E-state index >= 15 is 0 Å². The highest BCUT2D eigenvalue weighted by Gasteiger charge is 2.32. The van der Waals surface area contributed by atoms with Gasteiger partial charge in [-0.2, -0.15) is 36.5 Å². The van der Waals surface area contributed by atoms with Crippen LogP contribution >= 0.6 is 15.9 Å². The van der Waals surface area contributed by atoms with Gasteiger partial charge in [-0.25, -0.2) is 9.59 Å². The third kappa shape index (κ3) is 11.2. The molecule has 2 aromatic heterocycles. The number of nitrogens with zero attached hydrogens (tertiary/aromatic N) is 7. The van der Waals surface area contributed by atoms with Gasteiger partial charge in [0.25, 0.3) is 0 Å². The number of fused-ring (bicyclic) bond motifs is 2. The van der Waals surface area contributed by atoms with Crippen molar-refractivity contribution in [2.24, 2.45) is 0 Å². The Balaban J connectivity index is 0.000000200. The molecule has 2 amide bonds. The van der Waals surface area contributed by atoms with Crippen LogP contribution < -0.4 is 0 Å². The zero-order valence-corrected chi connectivity index (χ0v) is 33.9. The van der Waals surface area contributed by atoms with Gasteiger partial charge < -0.3 is 24.2 Å². The van der Waals surface area contributed by atoms with E-state index in [1.54, 1.807) is 30.9 Å². The lowest BCUT2D eigenvalue weighted by Crippen LogP contribution is -2.31. The largest absolute Gasteiger partial charge is 0.445 e. The molecule has 3 aliphatic rings. The number of hydrogen-bond donors (Lipinski definition) is 0. The van der Waals surface area contributed by atoms with Crippen LogP contribution in [0.1, 0.15) is 69.7 Å². The standard InChI is InChI=1S/C23H27F3N4O2.C17H17BrF3N3O2/c1-16-10-17(12-19(11-16)23(24,25)26)15-32-22(31)29-6-3-7-30-20(14-29)13-21(27-30)18-4-8-28(2)9-5-18;1-11-5-12(7-13(6-11)17(19,20)21)10-26-16(25)23-3-2-4-24-14(9-23)8-15(18)22-24/h4,10-13H,3,5-9,14-15H2,1-2H3;5-8H,2-4,9-10H2,1H3. The quantitative estimate of drug-likeness (QED) is 0.185. The molecule has 18 heteroatoms. The molecule has 4 aromatic rings. The summed E-state index contributed by atoms with van der Waals surface area (Å²) in [6, 6.07) is 11.2. The fourth-order valence-electron chi connectivity index (χ4n) is 7.05. The second-order valence-electron chi connectivity index (χ2n) is 14.7. The monoisotopic (exact) mass is 879 g/mol. The maximum atomic E-state index is 13.0. The van der Waals surface area contributed by atoms with Crippen molar-refractivity contribution in [2.45, 2.75) is 84.9 Å². The van der Waals surface area contributed by atoms with Crippen molar-refractivity contribution in [1.29, 1.82) is 0 Å². The van der Waals surface area contributed by atoms with Crippen LogP contribution in [0.15, 0.2) is 59.2 Å². The SMILES string of the molecule is Cc1cc(COC(=O)N2CCCn3nc(Br)cc3C2)cc(C(F)(F)F)c1.Cc1cc(COC(=O)N2CCCn3nc(C4=CCN(C)CC4)cc3C2)cc(C(F)(F)F)c1. The summed E-state index contributed by atoms with van der Waals surface area (Å²) < 4.78 is 92.9. The number of benzene rings is 2. The van der Waals surface area contributed by atoms with Crippen molar-refractivity contribution in [3.63, 3.8) is 0 Å². The van der Waals surface area contributed by atoms with Crippen LogP contribution in [0.3, 0.4) is 0 Å². The third-order valence-corrected chi connectivity index (χ3v) is 10.3. The van der Waals surface area contributed by atoms with Crippen molar-refractivity contribution in [3.8, 4) is 0 Å². The predicted molar refractivity (Wildman–Crippen MR) is 205 cm³/mol. The van der Waals surface area contributed by atoms with Gasteiger partial charge in [0.15, 0.2) is 0 Å². The smallest absolute Gasteiger partial charge is 0.416 e. The number of alkyl halides is 6. The average Bonchev–Trinajstić information content (AvgIpc) is 3.57.